The van der Waals surface area contributed by atoms with E-state index in [1.165, 1.54) is 12.1 Å². The van der Waals surface area contributed by atoms with E-state index in [0.29, 0.717) is 11.3 Å². The fraction of sp³-hybridized carbons (Fsp3) is 0.0500. The molecule has 0 unspecified atom stereocenters. The maximum Gasteiger partial charge on any atom is 0.273 e. The number of benzene rings is 3. The van der Waals surface area contributed by atoms with E-state index in [-0.39, 0.29) is 18.3 Å². The number of hydrogen-bond donors (Lipinski definition) is 2. The first kappa shape index (κ1) is 16.5. The van der Waals surface area contributed by atoms with Crippen LogP contribution in [0.4, 0.5) is 10.1 Å². The topological polar surface area (TPSA) is 50.4 Å². The molecule has 0 radical (unpaired) electrons. The molecule has 2 N–H and O–H groups in total. The highest BCUT2D eigenvalue weighted by atomic mass is 19.1. The molecule has 1 amide bonds. The lowest BCUT2D eigenvalue weighted by atomic mass is 10.2. The molecule has 0 aliphatic carbocycles. The lowest BCUT2D eigenvalue weighted by Gasteiger charge is -2.13. The molecule has 0 spiro atoms. The van der Waals surface area contributed by atoms with Crippen LogP contribution >= 0.6 is 0 Å². The smallest absolute Gasteiger partial charge is 0.273 e. The molecule has 0 heterocycles. The molecular weight excluding hydrogens is 319 g/mol. The van der Waals surface area contributed by atoms with Crippen molar-refractivity contribution < 1.29 is 13.9 Å². The molecule has 0 saturated heterocycles. The molecule has 3 aromatic rings. The first-order valence-corrected chi connectivity index (χ1v) is 7.80. The molecule has 0 bridgehead atoms. The van der Waals surface area contributed by atoms with Gasteiger partial charge in [-0.05, 0) is 42.0 Å². The Kier molecular flexibility index (Phi) is 5.26. The molecular formula is C20H17FN2O2. The van der Waals surface area contributed by atoms with Crippen molar-refractivity contribution in [3.63, 3.8) is 0 Å². The summed E-state index contributed by atoms with van der Waals surface area (Å²) in [6.45, 7) is 0.247. The van der Waals surface area contributed by atoms with Gasteiger partial charge in [0.15, 0.2) is 0 Å². The molecule has 0 atom stereocenters. The Labute approximate surface area is 145 Å². The van der Waals surface area contributed by atoms with Crippen molar-refractivity contribution in [1.82, 2.24) is 5.43 Å². The van der Waals surface area contributed by atoms with Crippen LogP contribution in [0.3, 0.4) is 0 Å². The van der Waals surface area contributed by atoms with Gasteiger partial charge in [-0.3, -0.25) is 15.6 Å². The van der Waals surface area contributed by atoms with E-state index < -0.39 is 0 Å². The number of carbonyl (C=O) groups excluding carboxylic acids is 1. The lowest BCUT2D eigenvalue weighted by molar-refractivity contribution is 0.0958. The van der Waals surface area contributed by atoms with Crippen molar-refractivity contribution in [2.24, 2.45) is 0 Å². The Morgan fingerprint density at radius 3 is 2.32 bits per heavy atom. The first-order chi connectivity index (χ1) is 12.2. The summed E-state index contributed by atoms with van der Waals surface area (Å²) in [5.41, 5.74) is 7.50. The SMILES string of the molecule is O=C(NNc1ccccc1)c1ccccc1OCc1ccc(F)cc1. The number of amides is 1. The van der Waals surface area contributed by atoms with Crippen LogP contribution in [0.25, 0.3) is 0 Å². The van der Waals surface area contributed by atoms with Gasteiger partial charge in [0.2, 0.25) is 0 Å². The van der Waals surface area contributed by atoms with Crippen molar-refractivity contribution in [2.45, 2.75) is 6.61 Å². The Morgan fingerprint density at radius 2 is 1.56 bits per heavy atom. The Bertz CT molecular complexity index is 836. The summed E-state index contributed by atoms with van der Waals surface area (Å²) in [5.74, 6) is -0.145. The Morgan fingerprint density at radius 1 is 0.880 bits per heavy atom. The number of ether oxygens (including phenoxy) is 1. The highest BCUT2D eigenvalue weighted by molar-refractivity contribution is 5.97. The van der Waals surface area contributed by atoms with Crippen molar-refractivity contribution in [3.8, 4) is 5.75 Å². The third-order valence-corrected chi connectivity index (χ3v) is 3.53. The van der Waals surface area contributed by atoms with E-state index >= 15 is 0 Å². The largest absolute Gasteiger partial charge is 0.488 e. The second-order valence-corrected chi connectivity index (χ2v) is 5.36. The van der Waals surface area contributed by atoms with Crippen LogP contribution in [0, 0.1) is 5.82 Å². The van der Waals surface area contributed by atoms with Gasteiger partial charge < -0.3 is 4.74 Å². The first-order valence-electron chi connectivity index (χ1n) is 7.80. The number of nitrogens with one attached hydrogen (secondary N) is 2. The van der Waals surface area contributed by atoms with Crippen LogP contribution in [0.5, 0.6) is 5.75 Å². The summed E-state index contributed by atoms with van der Waals surface area (Å²) in [7, 11) is 0. The van der Waals surface area contributed by atoms with Crippen LogP contribution in [0.15, 0.2) is 78.9 Å². The highest BCUT2D eigenvalue weighted by Gasteiger charge is 2.12. The number of carbonyl (C=O) groups is 1. The molecule has 0 saturated carbocycles. The fourth-order valence-corrected chi connectivity index (χ4v) is 2.24. The third kappa shape index (κ3) is 4.57. The van der Waals surface area contributed by atoms with Gasteiger partial charge in [0, 0.05) is 0 Å². The summed E-state index contributed by atoms with van der Waals surface area (Å²) < 4.78 is 18.7. The van der Waals surface area contributed by atoms with Crippen LogP contribution < -0.4 is 15.6 Å². The van der Waals surface area contributed by atoms with Crippen LogP contribution in [-0.4, -0.2) is 5.91 Å². The minimum Gasteiger partial charge on any atom is -0.488 e. The minimum atomic E-state index is -0.307. The second-order valence-electron chi connectivity index (χ2n) is 5.36. The summed E-state index contributed by atoms with van der Waals surface area (Å²) in [5, 5.41) is 0. The van der Waals surface area contributed by atoms with E-state index in [2.05, 4.69) is 10.9 Å². The zero-order valence-electron chi connectivity index (χ0n) is 13.4. The molecule has 126 valence electrons. The average Bonchev–Trinajstić information content (AvgIpc) is 2.67. The van der Waals surface area contributed by atoms with Gasteiger partial charge in [-0.2, -0.15) is 0 Å². The molecule has 4 nitrogen and oxygen atoms in total. The van der Waals surface area contributed by atoms with E-state index in [1.54, 1.807) is 36.4 Å². The van der Waals surface area contributed by atoms with E-state index in [9.17, 15) is 9.18 Å². The van der Waals surface area contributed by atoms with E-state index in [1.807, 2.05) is 30.3 Å². The van der Waals surface area contributed by atoms with Gasteiger partial charge in [-0.1, -0.05) is 42.5 Å². The molecule has 25 heavy (non-hydrogen) atoms. The number of hydrazine groups is 1. The summed E-state index contributed by atoms with van der Waals surface area (Å²) in [6.07, 6.45) is 0. The number of hydrogen-bond acceptors (Lipinski definition) is 3. The zero-order valence-corrected chi connectivity index (χ0v) is 13.4. The second kappa shape index (κ2) is 7.97. The molecule has 0 aromatic heterocycles. The molecule has 0 aliphatic rings. The quantitative estimate of drug-likeness (QED) is 0.665. The van der Waals surface area contributed by atoms with Crippen molar-refractivity contribution in [1.29, 1.82) is 0 Å². The Hall–Kier alpha value is -3.34. The highest BCUT2D eigenvalue weighted by Crippen LogP contribution is 2.19. The van der Waals surface area contributed by atoms with Crippen molar-refractivity contribution in [3.05, 3.63) is 95.8 Å². The van der Waals surface area contributed by atoms with Crippen LogP contribution in [0.2, 0.25) is 0 Å². The lowest BCUT2D eigenvalue weighted by Crippen LogP contribution is -2.29. The summed E-state index contributed by atoms with van der Waals surface area (Å²) >= 11 is 0. The normalized spacial score (nSPS) is 10.1. The van der Waals surface area contributed by atoms with E-state index in [0.717, 1.165) is 11.3 Å². The van der Waals surface area contributed by atoms with Gasteiger partial charge >= 0.3 is 0 Å². The average molecular weight is 336 g/mol. The molecule has 5 heteroatoms. The number of para-hydroxylation sites is 2. The molecule has 0 fully saturated rings. The predicted octanol–water partition coefficient (Wildman–Crippen LogP) is 4.16. The number of halogens is 1. The molecule has 3 rings (SSSR count). The maximum absolute atomic E-state index is 12.9. The van der Waals surface area contributed by atoms with Gasteiger partial charge in [0.1, 0.15) is 18.2 Å². The monoisotopic (exact) mass is 336 g/mol. The summed E-state index contributed by atoms with van der Waals surface area (Å²) in [6, 6.07) is 22.3. The maximum atomic E-state index is 12.9. The van der Waals surface area contributed by atoms with Gasteiger partial charge in [-0.25, -0.2) is 4.39 Å². The van der Waals surface area contributed by atoms with Gasteiger partial charge in [0.05, 0.1) is 11.3 Å². The molecule has 0 aliphatic heterocycles. The van der Waals surface area contributed by atoms with Crippen LogP contribution in [0.1, 0.15) is 15.9 Å². The van der Waals surface area contributed by atoms with Crippen molar-refractivity contribution >= 4 is 11.6 Å². The van der Waals surface area contributed by atoms with Gasteiger partial charge in [-0.15, -0.1) is 0 Å². The zero-order chi connectivity index (χ0) is 17.5. The van der Waals surface area contributed by atoms with Crippen LogP contribution in [-0.2, 0) is 6.61 Å². The minimum absolute atomic E-state index is 0.247. The Balaban J connectivity index is 1.65. The third-order valence-electron chi connectivity index (χ3n) is 3.53. The molecule has 3 aromatic carbocycles. The standard InChI is InChI=1S/C20H17FN2O2/c21-16-12-10-15(11-13-16)14-25-19-9-5-4-8-18(19)20(24)23-22-17-6-2-1-3-7-17/h1-13,22H,14H2,(H,23,24). The predicted molar refractivity (Wildman–Crippen MR) is 94.7 cm³/mol. The van der Waals surface area contributed by atoms with Crippen molar-refractivity contribution in [2.75, 3.05) is 5.43 Å². The van der Waals surface area contributed by atoms with E-state index in [4.69, 9.17) is 4.74 Å². The summed E-state index contributed by atoms with van der Waals surface area (Å²) in [4.78, 5) is 12.4. The fourth-order valence-electron chi connectivity index (χ4n) is 2.24. The number of anilines is 1. The number of rotatable bonds is 6. The van der Waals surface area contributed by atoms with Gasteiger partial charge in [0.25, 0.3) is 5.91 Å².